The predicted molar refractivity (Wildman–Crippen MR) is 118 cm³/mol. The van der Waals surface area contributed by atoms with E-state index in [2.05, 4.69) is 10.3 Å². The Kier molecular flexibility index (Phi) is 6.39. The Hall–Kier alpha value is -3.10. The molecule has 1 aliphatic heterocycles. The van der Waals surface area contributed by atoms with Crippen molar-refractivity contribution in [1.29, 1.82) is 0 Å². The molecule has 0 aliphatic carbocycles. The van der Waals surface area contributed by atoms with Crippen molar-refractivity contribution in [3.05, 3.63) is 58.1 Å². The highest BCUT2D eigenvalue weighted by Gasteiger charge is 2.19. The van der Waals surface area contributed by atoms with Crippen molar-refractivity contribution in [2.24, 2.45) is 0 Å². The molecular formula is C22H19ClN2O5S. The van der Waals surface area contributed by atoms with E-state index in [9.17, 15) is 9.59 Å². The Balaban J connectivity index is 1.36. The number of esters is 1. The Bertz CT molecular complexity index is 1110. The summed E-state index contributed by atoms with van der Waals surface area (Å²) in [5.74, 6) is 0.161. The summed E-state index contributed by atoms with van der Waals surface area (Å²) in [5.41, 5.74) is 1.93. The minimum atomic E-state index is -0.593. The third-order valence-corrected chi connectivity index (χ3v) is 5.88. The lowest BCUT2D eigenvalue weighted by Crippen LogP contribution is -2.20. The standard InChI is InChI=1S/C22H19ClN2O5S/c1-13-20(31-21(24-13)14-3-5-15(23)6-4-14)22(27)30-12-19(26)25-16-7-8-17-18(11-16)29-10-2-9-28-17/h3-8,11H,2,9-10,12H2,1H3,(H,25,26). The van der Waals surface area contributed by atoms with E-state index in [0.29, 0.717) is 51.0 Å². The molecule has 31 heavy (non-hydrogen) atoms. The van der Waals surface area contributed by atoms with Gasteiger partial charge in [-0.15, -0.1) is 11.3 Å². The van der Waals surface area contributed by atoms with Gasteiger partial charge in [-0.3, -0.25) is 4.79 Å². The minimum absolute atomic E-state index is 0.355. The molecule has 0 unspecified atom stereocenters. The number of thiazole rings is 1. The van der Waals surface area contributed by atoms with Crippen molar-refractivity contribution in [2.45, 2.75) is 13.3 Å². The van der Waals surface area contributed by atoms with Crippen molar-refractivity contribution in [3.63, 3.8) is 0 Å². The molecule has 0 fully saturated rings. The summed E-state index contributed by atoms with van der Waals surface area (Å²) < 4.78 is 16.4. The van der Waals surface area contributed by atoms with Crippen molar-refractivity contribution in [2.75, 3.05) is 25.1 Å². The maximum absolute atomic E-state index is 12.5. The van der Waals surface area contributed by atoms with Crippen LogP contribution in [0.1, 0.15) is 21.8 Å². The summed E-state index contributed by atoms with van der Waals surface area (Å²) in [6, 6.07) is 12.3. The molecule has 4 rings (SSSR count). The minimum Gasteiger partial charge on any atom is -0.490 e. The van der Waals surface area contributed by atoms with Gasteiger partial charge in [0.25, 0.3) is 5.91 Å². The topological polar surface area (TPSA) is 86.8 Å². The van der Waals surface area contributed by atoms with Gasteiger partial charge in [0, 0.05) is 28.8 Å². The summed E-state index contributed by atoms with van der Waals surface area (Å²) in [6.45, 7) is 2.45. The monoisotopic (exact) mass is 458 g/mol. The van der Waals surface area contributed by atoms with E-state index in [0.717, 1.165) is 12.0 Å². The van der Waals surface area contributed by atoms with Crippen LogP contribution in [0.15, 0.2) is 42.5 Å². The molecule has 0 spiro atoms. The fraction of sp³-hybridized carbons (Fsp3) is 0.227. The summed E-state index contributed by atoms with van der Waals surface area (Å²) in [7, 11) is 0. The first kappa shape index (κ1) is 21.1. The van der Waals surface area contributed by atoms with Crippen LogP contribution in [0.4, 0.5) is 5.69 Å². The van der Waals surface area contributed by atoms with Gasteiger partial charge in [0.1, 0.15) is 9.88 Å². The second-order valence-electron chi connectivity index (χ2n) is 6.78. The number of anilines is 1. The molecule has 0 saturated heterocycles. The molecule has 1 aliphatic rings. The van der Waals surface area contributed by atoms with E-state index < -0.39 is 18.5 Å². The number of hydrogen-bond acceptors (Lipinski definition) is 7. The molecule has 7 nitrogen and oxygen atoms in total. The molecular weight excluding hydrogens is 440 g/mol. The molecule has 9 heteroatoms. The molecule has 160 valence electrons. The number of hydrogen-bond donors (Lipinski definition) is 1. The zero-order chi connectivity index (χ0) is 21.8. The predicted octanol–water partition coefficient (Wildman–Crippen LogP) is 4.73. The molecule has 2 aromatic carbocycles. The molecule has 3 aromatic rings. The van der Waals surface area contributed by atoms with Gasteiger partial charge in [-0.1, -0.05) is 23.7 Å². The van der Waals surface area contributed by atoms with Crippen LogP contribution in [0.3, 0.4) is 0 Å². The Morgan fingerprint density at radius 3 is 2.65 bits per heavy atom. The molecule has 0 atom stereocenters. The number of amides is 1. The Labute approximate surface area is 187 Å². The number of carbonyl (C=O) groups excluding carboxylic acids is 2. The van der Waals surface area contributed by atoms with Gasteiger partial charge in [-0.05, 0) is 31.2 Å². The third-order valence-electron chi connectivity index (χ3n) is 4.44. The van der Waals surface area contributed by atoms with Gasteiger partial charge in [-0.25, -0.2) is 9.78 Å². The first-order valence-corrected chi connectivity index (χ1v) is 10.8. The van der Waals surface area contributed by atoms with Crippen molar-refractivity contribution >= 4 is 40.5 Å². The van der Waals surface area contributed by atoms with Gasteiger partial charge in [0.2, 0.25) is 0 Å². The van der Waals surface area contributed by atoms with Crippen LogP contribution in [-0.2, 0) is 9.53 Å². The second-order valence-corrected chi connectivity index (χ2v) is 8.21. The number of rotatable bonds is 5. The fourth-order valence-corrected chi connectivity index (χ4v) is 4.03. The van der Waals surface area contributed by atoms with Gasteiger partial charge >= 0.3 is 5.97 Å². The zero-order valence-corrected chi connectivity index (χ0v) is 18.2. The quantitative estimate of drug-likeness (QED) is 0.556. The number of ether oxygens (including phenoxy) is 3. The largest absolute Gasteiger partial charge is 0.490 e. The van der Waals surface area contributed by atoms with E-state index in [-0.39, 0.29) is 0 Å². The molecule has 1 aromatic heterocycles. The number of nitrogens with one attached hydrogen (secondary N) is 1. The first-order valence-electron chi connectivity index (χ1n) is 9.59. The smallest absolute Gasteiger partial charge is 0.350 e. The number of fused-ring (bicyclic) bond motifs is 1. The highest BCUT2D eigenvalue weighted by molar-refractivity contribution is 7.17. The first-order chi connectivity index (χ1) is 15.0. The number of carbonyl (C=O) groups is 2. The van der Waals surface area contributed by atoms with Gasteiger partial charge < -0.3 is 19.5 Å². The van der Waals surface area contributed by atoms with Gasteiger partial charge in [-0.2, -0.15) is 0 Å². The number of benzene rings is 2. The summed E-state index contributed by atoms with van der Waals surface area (Å²) in [4.78, 5) is 29.5. The van der Waals surface area contributed by atoms with E-state index >= 15 is 0 Å². The number of aromatic nitrogens is 1. The molecule has 2 heterocycles. The molecule has 0 bridgehead atoms. The van der Waals surface area contributed by atoms with Crippen LogP contribution >= 0.6 is 22.9 Å². The van der Waals surface area contributed by atoms with E-state index in [4.69, 9.17) is 25.8 Å². The maximum Gasteiger partial charge on any atom is 0.350 e. The maximum atomic E-state index is 12.5. The van der Waals surface area contributed by atoms with E-state index in [1.165, 1.54) is 11.3 Å². The van der Waals surface area contributed by atoms with Crippen LogP contribution in [-0.4, -0.2) is 36.7 Å². The Morgan fingerprint density at radius 1 is 1.13 bits per heavy atom. The number of aryl methyl sites for hydroxylation is 1. The summed E-state index contributed by atoms with van der Waals surface area (Å²) in [6.07, 6.45) is 0.795. The lowest BCUT2D eigenvalue weighted by molar-refractivity contribution is -0.119. The van der Waals surface area contributed by atoms with Crippen LogP contribution in [0, 0.1) is 6.92 Å². The highest BCUT2D eigenvalue weighted by atomic mass is 35.5. The van der Waals surface area contributed by atoms with Crippen molar-refractivity contribution in [3.8, 4) is 22.1 Å². The molecule has 1 N–H and O–H groups in total. The van der Waals surface area contributed by atoms with E-state index in [1.54, 1.807) is 37.3 Å². The third kappa shape index (κ3) is 5.15. The summed E-state index contributed by atoms with van der Waals surface area (Å²) in [5, 5.41) is 3.99. The Morgan fingerprint density at radius 2 is 1.87 bits per heavy atom. The number of halogens is 1. The zero-order valence-electron chi connectivity index (χ0n) is 16.6. The highest BCUT2D eigenvalue weighted by Crippen LogP contribution is 2.32. The lowest BCUT2D eigenvalue weighted by atomic mass is 10.2. The lowest BCUT2D eigenvalue weighted by Gasteiger charge is -2.10. The summed E-state index contributed by atoms with van der Waals surface area (Å²) >= 11 is 7.12. The van der Waals surface area contributed by atoms with Crippen LogP contribution in [0.2, 0.25) is 5.02 Å². The average molecular weight is 459 g/mol. The normalized spacial score (nSPS) is 12.7. The van der Waals surface area contributed by atoms with Crippen LogP contribution < -0.4 is 14.8 Å². The molecule has 1 amide bonds. The SMILES string of the molecule is Cc1nc(-c2ccc(Cl)cc2)sc1C(=O)OCC(=O)Nc1ccc2c(c1)OCCCO2. The second kappa shape index (κ2) is 9.36. The molecule has 0 radical (unpaired) electrons. The van der Waals surface area contributed by atoms with Gasteiger partial charge in [0.05, 0.1) is 18.9 Å². The molecule has 0 saturated carbocycles. The van der Waals surface area contributed by atoms with Crippen LogP contribution in [0.25, 0.3) is 10.6 Å². The van der Waals surface area contributed by atoms with E-state index in [1.807, 2.05) is 12.1 Å². The van der Waals surface area contributed by atoms with Crippen molar-refractivity contribution < 1.29 is 23.8 Å². The average Bonchev–Trinajstić information content (AvgIpc) is 2.99. The fourth-order valence-electron chi connectivity index (χ4n) is 2.94. The van der Waals surface area contributed by atoms with Crippen LogP contribution in [0.5, 0.6) is 11.5 Å². The van der Waals surface area contributed by atoms with Crippen molar-refractivity contribution in [1.82, 2.24) is 4.98 Å². The number of nitrogens with zero attached hydrogens (tertiary/aromatic N) is 1. The van der Waals surface area contributed by atoms with Gasteiger partial charge in [0.15, 0.2) is 18.1 Å².